The van der Waals surface area contributed by atoms with Gasteiger partial charge in [-0.05, 0) is 6.07 Å². The normalized spacial score (nSPS) is 11.2. The third-order valence-electron chi connectivity index (χ3n) is 1.79. The number of hydrogen-bond acceptors (Lipinski definition) is 3. The standard InChI is InChI=1S/C8H8F3N3O3/c9-8(10,11)7(17)12-2-1-4-3-5(6(15)16)14-13-4/h3H,1-2H2,(H,12,17)(H,13,14)(H,15,16). The number of aromatic nitrogens is 2. The number of carbonyl (C=O) groups excluding carboxylic acids is 1. The molecule has 0 unspecified atom stereocenters. The average molecular weight is 251 g/mol. The van der Waals surface area contributed by atoms with Gasteiger partial charge in [-0.15, -0.1) is 0 Å². The minimum Gasteiger partial charge on any atom is -0.476 e. The van der Waals surface area contributed by atoms with Crippen LogP contribution in [0.15, 0.2) is 6.07 Å². The third kappa shape index (κ3) is 3.78. The van der Waals surface area contributed by atoms with Gasteiger partial charge in [0.25, 0.3) is 0 Å². The number of carboxylic acid groups (broad SMARTS) is 1. The zero-order valence-corrected chi connectivity index (χ0v) is 8.34. The molecule has 17 heavy (non-hydrogen) atoms. The first-order valence-corrected chi connectivity index (χ1v) is 4.43. The molecule has 0 saturated heterocycles. The van der Waals surface area contributed by atoms with Crippen LogP contribution in [0.1, 0.15) is 16.2 Å². The highest BCUT2D eigenvalue weighted by Crippen LogP contribution is 2.13. The summed E-state index contributed by atoms with van der Waals surface area (Å²) in [4.78, 5) is 20.8. The van der Waals surface area contributed by atoms with Gasteiger partial charge in [0.05, 0.1) is 0 Å². The number of carbonyl (C=O) groups is 2. The van der Waals surface area contributed by atoms with Crippen molar-refractivity contribution < 1.29 is 27.9 Å². The monoisotopic (exact) mass is 251 g/mol. The number of rotatable bonds is 4. The number of nitrogens with zero attached hydrogens (tertiary/aromatic N) is 1. The number of nitrogens with one attached hydrogen (secondary N) is 2. The van der Waals surface area contributed by atoms with Crippen molar-refractivity contribution in [1.29, 1.82) is 0 Å². The summed E-state index contributed by atoms with van der Waals surface area (Å²) < 4.78 is 35.3. The van der Waals surface area contributed by atoms with Gasteiger partial charge >= 0.3 is 18.1 Å². The molecule has 1 aromatic rings. The smallest absolute Gasteiger partial charge is 0.471 e. The molecule has 0 aliphatic carbocycles. The molecule has 0 aromatic carbocycles. The predicted octanol–water partition coefficient (Wildman–Crippen LogP) is 0.329. The molecule has 0 bridgehead atoms. The lowest BCUT2D eigenvalue weighted by atomic mass is 10.3. The van der Waals surface area contributed by atoms with Crippen molar-refractivity contribution in [2.24, 2.45) is 0 Å². The second-order valence-electron chi connectivity index (χ2n) is 3.09. The fraction of sp³-hybridized carbons (Fsp3) is 0.375. The molecule has 0 saturated carbocycles. The number of amides is 1. The highest BCUT2D eigenvalue weighted by molar-refractivity contribution is 5.85. The van der Waals surface area contributed by atoms with Crippen molar-refractivity contribution in [3.05, 3.63) is 17.5 Å². The first kappa shape index (κ1) is 13.0. The number of hydrogen-bond donors (Lipinski definition) is 3. The maximum absolute atomic E-state index is 11.8. The summed E-state index contributed by atoms with van der Waals surface area (Å²) in [5.41, 5.74) is 0.0898. The molecule has 1 aromatic heterocycles. The van der Waals surface area contributed by atoms with Crippen LogP contribution in [0.3, 0.4) is 0 Å². The van der Waals surface area contributed by atoms with E-state index in [4.69, 9.17) is 5.11 Å². The number of halogens is 3. The van der Waals surface area contributed by atoms with Crippen LogP contribution in [-0.2, 0) is 11.2 Å². The number of aromatic carboxylic acids is 1. The Hall–Kier alpha value is -2.06. The Morgan fingerprint density at radius 2 is 2.12 bits per heavy atom. The lowest BCUT2D eigenvalue weighted by Gasteiger charge is -2.06. The summed E-state index contributed by atoms with van der Waals surface area (Å²) in [6.45, 7) is -0.264. The van der Waals surface area contributed by atoms with Crippen LogP contribution in [0.25, 0.3) is 0 Å². The molecule has 0 radical (unpaired) electrons. The summed E-state index contributed by atoms with van der Waals surface area (Å²) in [7, 11) is 0. The highest BCUT2D eigenvalue weighted by Gasteiger charge is 2.38. The average Bonchev–Trinajstić information content (AvgIpc) is 2.64. The lowest BCUT2D eigenvalue weighted by Crippen LogP contribution is -2.37. The van der Waals surface area contributed by atoms with E-state index < -0.39 is 18.1 Å². The quantitative estimate of drug-likeness (QED) is 0.718. The molecular weight excluding hydrogens is 243 g/mol. The Morgan fingerprint density at radius 1 is 1.47 bits per heavy atom. The number of alkyl halides is 3. The Labute approximate surface area is 92.8 Å². The van der Waals surface area contributed by atoms with E-state index in [0.29, 0.717) is 5.69 Å². The van der Waals surface area contributed by atoms with Gasteiger partial charge in [0.1, 0.15) is 0 Å². The Bertz CT molecular complexity index is 427. The summed E-state index contributed by atoms with van der Waals surface area (Å²) in [6, 6.07) is 1.18. The van der Waals surface area contributed by atoms with Gasteiger partial charge in [-0.1, -0.05) is 0 Å². The molecule has 1 heterocycles. The Balaban J connectivity index is 2.41. The van der Waals surface area contributed by atoms with E-state index in [2.05, 4.69) is 10.2 Å². The van der Waals surface area contributed by atoms with Crippen molar-refractivity contribution in [2.75, 3.05) is 6.54 Å². The molecule has 0 spiro atoms. The molecule has 0 aliphatic heterocycles. The molecule has 1 amide bonds. The number of carboxylic acids is 1. The van der Waals surface area contributed by atoms with Gasteiger partial charge in [0.2, 0.25) is 0 Å². The van der Waals surface area contributed by atoms with E-state index in [1.807, 2.05) is 0 Å². The maximum atomic E-state index is 11.8. The third-order valence-corrected chi connectivity index (χ3v) is 1.79. The van der Waals surface area contributed by atoms with Crippen molar-refractivity contribution in [3.8, 4) is 0 Å². The maximum Gasteiger partial charge on any atom is 0.471 e. The highest BCUT2D eigenvalue weighted by atomic mass is 19.4. The second-order valence-corrected chi connectivity index (χ2v) is 3.09. The van der Waals surface area contributed by atoms with Crippen LogP contribution in [0, 0.1) is 0 Å². The van der Waals surface area contributed by atoms with Gasteiger partial charge in [0.15, 0.2) is 5.69 Å². The fourth-order valence-corrected chi connectivity index (χ4v) is 1.01. The molecule has 0 atom stereocenters. The number of H-pyrrole nitrogens is 1. The largest absolute Gasteiger partial charge is 0.476 e. The second kappa shape index (κ2) is 4.85. The van der Waals surface area contributed by atoms with Crippen LogP contribution in [-0.4, -0.2) is 39.9 Å². The zero-order valence-electron chi connectivity index (χ0n) is 8.34. The molecular formula is C8H8F3N3O3. The molecule has 1 rings (SSSR count). The van der Waals surface area contributed by atoms with Gasteiger partial charge in [-0.3, -0.25) is 9.89 Å². The first-order chi connectivity index (χ1) is 7.80. The van der Waals surface area contributed by atoms with Crippen LogP contribution in [0.2, 0.25) is 0 Å². The zero-order chi connectivity index (χ0) is 13.1. The van der Waals surface area contributed by atoms with E-state index in [1.54, 1.807) is 5.32 Å². The molecule has 0 fully saturated rings. The van der Waals surface area contributed by atoms with Gasteiger partial charge in [-0.25, -0.2) is 4.79 Å². The van der Waals surface area contributed by atoms with Crippen molar-refractivity contribution in [1.82, 2.24) is 15.5 Å². The van der Waals surface area contributed by atoms with Gasteiger partial charge in [0, 0.05) is 18.7 Å². The van der Waals surface area contributed by atoms with Gasteiger partial charge < -0.3 is 10.4 Å². The number of aromatic amines is 1. The SMILES string of the molecule is O=C(O)c1cc(CCNC(=O)C(F)(F)F)[nH]n1. The topological polar surface area (TPSA) is 95.1 Å². The van der Waals surface area contributed by atoms with E-state index in [1.165, 1.54) is 6.07 Å². The molecule has 9 heteroatoms. The predicted molar refractivity (Wildman–Crippen MR) is 48.3 cm³/mol. The van der Waals surface area contributed by atoms with Crippen LogP contribution >= 0.6 is 0 Å². The lowest BCUT2D eigenvalue weighted by molar-refractivity contribution is -0.173. The fourth-order valence-electron chi connectivity index (χ4n) is 1.01. The summed E-state index contributed by atoms with van der Waals surface area (Å²) in [5.74, 6) is -3.28. The van der Waals surface area contributed by atoms with Crippen molar-refractivity contribution in [3.63, 3.8) is 0 Å². The van der Waals surface area contributed by atoms with E-state index in [-0.39, 0.29) is 18.7 Å². The molecule has 3 N–H and O–H groups in total. The van der Waals surface area contributed by atoms with Crippen LogP contribution < -0.4 is 5.32 Å². The Morgan fingerprint density at radius 3 is 2.59 bits per heavy atom. The van der Waals surface area contributed by atoms with Crippen molar-refractivity contribution in [2.45, 2.75) is 12.6 Å². The Kier molecular flexibility index (Phi) is 3.71. The van der Waals surface area contributed by atoms with Crippen molar-refractivity contribution >= 4 is 11.9 Å². The minimum atomic E-state index is -4.92. The molecule has 94 valence electrons. The first-order valence-electron chi connectivity index (χ1n) is 4.43. The van der Waals surface area contributed by atoms with Crippen LogP contribution in [0.5, 0.6) is 0 Å². The van der Waals surface area contributed by atoms with E-state index >= 15 is 0 Å². The molecule has 0 aliphatic rings. The minimum absolute atomic E-state index is 0.0299. The summed E-state index contributed by atoms with van der Waals surface area (Å²) in [5, 5.41) is 15.9. The summed E-state index contributed by atoms with van der Waals surface area (Å²) in [6.07, 6.45) is -4.89. The van der Waals surface area contributed by atoms with E-state index in [9.17, 15) is 22.8 Å². The van der Waals surface area contributed by atoms with Gasteiger partial charge in [-0.2, -0.15) is 18.3 Å². The van der Waals surface area contributed by atoms with E-state index in [0.717, 1.165) is 0 Å². The molecule has 6 nitrogen and oxygen atoms in total. The van der Waals surface area contributed by atoms with Crippen LogP contribution in [0.4, 0.5) is 13.2 Å². The summed E-state index contributed by atoms with van der Waals surface area (Å²) >= 11 is 0.